The zero-order valence-corrected chi connectivity index (χ0v) is 10.8. The molecule has 2 nitrogen and oxygen atoms in total. The topological polar surface area (TPSA) is 40.5 Å². The zero-order chi connectivity index (χ0) is 13.1. The van der Waals surface area contributed by atoms with Gasteiger partial charge in [-0.15, -0.1) is 0 Å². The molecule has 0 amide bonds. The number of benzene rings is 2. The van der Waals surface area contributed by atoms with Gasteiger partial charge in [0, 0.05) is 11.6 Å². The Kier molecular flexibility index (Phi) is 3.56. The van der Waals surface area contributed by atoms with Crippen molar-refractivity contribution in [2.45, 2.75) is 26.7 Å². The summed E-state index contributed by atoms with van der Waals surface area (Å²) in [4.78, 5) is 0. The molecule has 0 spiro atoms. The number of aromatic hydroxyl groups is 2. The summed E-state index contributed by atoms with van der Waals surface area (Å²) in [6, 6.07) is 11.4. The average molecular weight is 242 g/mol. The quantitative estimate of drug-likeness (QED) is 0.857. The van der Waals surface area contributed by atoms with Crippen molar-refractivity contribution >= 4 is 0 Å². The molecule has 0 aliphatic carbocycles. The van der Waals surface area contributed by atoms with Crippen molar-refractivity contribution in [1.29, 1.82) is 0 Å². The number of phenolic OH excluding ortho intramolecular Hbond substituents is 2. The fourth-order valence-corrected chi connectivity index (χ4v) is 2.10. The molecule has 0 radical (unpaired) electrons. The summed E-state index contributed by atoms with van der Waals surface area (Å²) < 4.78 is 0. The van der Waals surface area contributed by atoms with Crippen LogP contribution in [0, 0.1) is 0 Å². The van der Waals surface area contributed by atoms with Gasteiger partial charge in [0.1, 0.15) is 11.5 Å². The van der Waals surface area contributed by atoms with Crippen LogP contribution in [-0.2, 0) is 12.8 Å². The fraction of sp³-hybridized carbons (Fsp3) is 0.250. The molecule has 0 aliphatic heterocycles. The largest absolute Gasteiger partial charge is 0.508 e. The molecule has 2 aromatic carbocycles. The first-order valence-electron chi connectivity index (χ1n) is 6.29. The molecule has 0 aliphatic rings. The molecule has 18 heavy (non-hydrogen) atoms. The molecular formula is C16H18O2. The second-order valence-electron chi connectivity index (χ2n) is 4.41. The Morgan fingerprint density at radius 2 is 1.67 bits per heavy atom. The first-order valence-corrected chi connectivity index (χ1v) is 6.29. The minimum atomic E-state index is 0.123. The van der Waals surface area contributed by atoms with Crippen molar-refractivity contribution in [1.82, 2.24) is 0 Å². The van der Waals surface area contributed by atoms with E-state index in [4.69, 9.17) is 0 Å². The predicted octanol–water partition coefficient (Wildman–Crippen LogP) is 3.89. The highest BCUT2D eigenvalue weighted by atomic mass is 16.3. The molecule has 2 heteroatoms. The van der Waals surface area contributed by atoms with Crippen LogP contribution in [-0.4, -0.2) is 10.2 Å². The molecule has 0 saturated heterocycles. The molecule has 94 valence electrons. The minimum Gasteiger partial charge on any atom is -0.508 e. The van der Waals surface area contributed by atoms with E-state index in [0.29, 0.717) is 0 Å². The van der Waals surface area contributed by atoms with Gasteiger partial charge in [-0.2, -0.15) is 0 Å². The number of phenols is 2. The lowest BCUT2D eigenvalue weighted by Crippen LogP contribution is -1.87. The Labute approximate surface area is 108 Å². The van der Waals surface area contributed by atoms with E-state index in [1.165, 1.54) is 11.6 Å². The monoisotopic (exact) mass is 242 g/mol. The van der Waals surface area contributed by atoms with E-state index < -0.39 is 0 Å². The highest BCUT2D eigenvalue weighted by Gasteiger charge is 2.09. The van der Waals surface area contributed by atoms with Gasteiger partial charge in [-0.25, -0.2) is 0 Å². The van der Waals surface area contributed by atoms with E-state index in [-0.39, 0.29) is 11.5 Å². The molecular weight excluding hydrogens is 224 g/mol. The Hall–Kier alpha value is -1.96. The van der Waals surface area contributed by atoms with Crippen LogP contribution in [0.4, 0.5) is 0 Å². The SMILES string of the molecule is CCc1cccc(-c2cc(CC)c(O)cc2O)c1. The van der Waals surface area contributed by atoms with E-state index in [2.05, 4.69) is 19.1 Å². The van der Waals surface area contributed by atoms with E-state index >= 15 is 0 Å². The summed E-state index contributed by atoms with van der Waals surface area (Å²) >= 11 is 0. The number of hydrogen-bond donors (Lipinski definition) is 2. The molecule has 0 unspecified atom stereocenters. The Balaban J connectivity index is 2.55. The summed E-state index contributed by atoms with van der Waals surface area (Å²) in [5.74, 6) is 0.281. The molecule has 0 aromatic heterocycles. The molecule has 0 heterocycles. The van der Waals surface area contributed by atoms with Gasteiger partial charge in [0.25, 0.3) is 0 Å². The standard InChI is InChI=1S/C16H18O2/c1-3-11-6-5-7-13(8-11)14-9-12(4-2)15(17)10-16(14)18/h5-10,17-18H,3-4H2,1-2H3. The lowest BCUT2D eigenvalue weighted by Gasteiger charge is -2.10. The highest BCUT2D eigenvalue weighted by Crippen LogP contribution is 2.35. The molecule has 2 aromatic rings. The molecule has 0 fully saturated rings. The van der Waals surface area contributed by atoms with Crippen LogP contribution in [0.2, 0.25) is 0 Å². The van der Waals surface area contributed by atoms with Crippen LogP contribution in [0.25, 0.3) is 11.1 Å². The summed E-state index contributed by atoms with van der Waals surface area (Å²) in [5.41, 5.74) is 3.85. The number of rotatable bonds is 3. The maximum absolute atomic E-state index is 9.97. The van der Waals surface area contributed by atoms with Crippen LogP contribution in [0.15, 0.2) is 36.4 Å². The van der Waals surface area contributed by atoms with Crippen molar-refractivity contribution in [3.05, 3.63) is 47.5 Å². The first-order chi connectivity index (χ1) is 8.65. The van der Waals surface area contributed by atoms with Gasteiger partial charge < -0.3 is 10.2 Å². The van der Waals surface area contributed by atoms with Gasteiger partial charge in [0.2, 0.25) is 0 Å². The fourth-order valence-electron chi connectivity index (χ4n) is 2.10. The molecule has 2 N–H and O–H groups in total. The second kappa shape index (κ2) is 5.13. The van der Waals surface area contributed by atoms with Crippen LogP contribution >= 0.6 is 0 Å². The second-order valence-corrected chi connectivity index (χ2v) is 4.41. The maximum atomic E-state index is 9.97. The van der Waals surface area contributed by atoms with Crippen LogP contribution in [0.1, 0.15) is 25.0 Å². The van der Waals surface area contributed by atoms with Crippen LogP contribution in [0.5, 0.6) is 11.5 Å². The van der Waals surface area contributed by atoms with Gasteiger partial charge in [-0.3, -0.25) is 0 Å². The number of aryl methyl sites for hydroxylation is 2. The lowest BCUT2D eigenvalue weighted by atomic mass is 9.98. The summed E-state index contributed by atoms with van der Waals surface area (Å²) in [5, 5.41) is 19.7. The van der Waals surface area contributed by atoms with Gasteiger partial charge in [0.05, 0.1) is 0 Å². The molecule has 0 atom stereocenters. The van der Waals surface area contributed by atoms with Gasteiger partial charge >= 0.3 is 0 Å². The Morgan fingerprint density at radius 3 is 2.33 bits per heavy atom. The van der Waals surface area contributed by atoms with Gasteiger partial charge in [-0.1, -0.05) is 38.1 Å². The number of hydrogen-bond acceptors (Lipinski definition) is 2. The summed E-state index contributed by atoms with van der Waals surface area (Å²) in [7, 11) is 0. The van der Waals surface area contributed by atoms with Crippen molar-refractivity contribution in [3.8, 4) is 22.6 Å². The normalized spacial score (nSPS) is 10.6. The van der Waals surface area contributed by atoms with Crippen molar-refractivity contribution < 1.29 is 10.2 Å². The smallest absolute Gasteiger partial charge is 0.127 e. The lowest BCUT2D eigenvalue weighted by molar-refractivity contribution is 0.447. The molecule has 0 bridgehead atoms. The zero-order valence-electron chi connectivity index (χ0n) is 10.8. The third-order valence-corrected chi connectivity index (χ3v) is 3.22. The minimum absolute atomic E-state index is 0.123. The summed E-state index contributed by atoms with van der Waals surface area (Å²) in [6.45, 7) is 4.09. The third-order valence-electron chi connectivity index (χ3n) is 3.22. The van der Waals surface area contributed by atoms with Crippen LogP contribution < -0.4 is 0 Å². The Morgan fingerprint density at radius 1 is 0.889 bits per heavy atom. The molecule has 0 saturated carbocycles. The van der Waals surface area contributed by atoms with Crippen molar-refractivity contribution in [2.24, 2.45) is 0 Å². The first kappa shape index (κ1) is 12.5. The van der Waals surface area contributed by atoms with Gasteiger partial charge in [0.15, 0.2) is 0 Å². The van der Waals surface area contributed by atoms with Crippen molar-refractivity contribution in [2.75, 3.05) is 0 Å². The van der Waals surface area contributed by atoms with Gasteiger partial charge in [-0.05, 0) is 35.6 Å². The molecule has 2 rings (SSSR count). The third kappa shape index (κ3) is 2.33. The van der Waals surface area contributed by atoms with E-state index in [1.54, 1.807) is 0 Å². The maximum Gasteiger partial charge on any atom is 0.127 e. The summed E-state index contributed by atoms with van der Waals surface area (Å²) in [6.07, 6.45) is 1.71. The van der Waals surface area contributed by atoms with E-state index in [1.807, 2.05) is 25.1 Å². The predicted molar refractivity (Wildman–Crippen MR) is 74.0 cm³/mol. The van der Waals surface area contributed by atoms with E-state index in [0.717, 1.165) is 29.5 Å². The van der Waals surface area contributed by atoms with E-state index in [9.17, 15) is 10.2 Å². The average Bonchev–Trinajstić information content (AvgIpc) is 2.39. The van der Waals surface area contributed by atoms with Crippen molar-refractivity contribution in [3.63, 3.8) is 0 Å². The Bertz CT molecular complexity index is 559. The highest BCUT2D eigenvalue weighted by molar-refractivity contribution is 5.73. The van der Waals surface area contributed by atoms with Crippen LogP contribution in [0.3, 0.4) is 0 Å².